The topological polar surface area (TPSA) is 68.3 Å². The molecule has 3 aromatic rings. The van der Waals surface area contributed by atoms with Crippen molar-refractivity contribution >= 4 is 40.1 Å². The first kappa shape index (κ1) is 18.7. The number of nitrogens with one attached hydrogen (secondary N) is 1. The van der Waals surface area contributed by atoms with Crippen LogP contribution >= 0.6 is 11.6 Å². The van der Waals surface area contributed by atoms with Crippen molar-refractivity contribution in [1.29, 1.82) is 0 Å². The number of carbonyl (C=O) groups is 2. The Morgan fingerprint density at radius 2 is 1.89 bits per heavy atom. The summed E-state index contributed by atoms with van der Waals surface area (Å²) in [7, 11) is 0. The Morgan fingerprint density at radius 3 is 2.67 bits per heavy atom. The fourth-order valence-corrected chi connectivity index (χ4v) is 2.49. The van der Waals surface area contributed by atoms with Gasteiger partial charge in [-0.1, -0.05) is 11.6 Å². The molecule has 0 saturated heterocycles. The largest absolute Gasteiger partial charge is 0.449 e. The molecule has 0 saturated carbocycles. The van der Waals surface area contributed by atoms with Gasteiger partial charge in [0.05, 0.1) is 16.8 Å². The SMILES string of the molecule is CC(OC(=O)c1ccc2nc(Cl)ccc2c1)C(=O)Nc1cc(F)ccc1F. The first-order chi connectivity index (χ1) is 12.8. The van der Waals surface area contributed by atoms with Gasteiger partial charge >= 0.3 is 5.97 Å². The number of fused-ring (bicyclic) bond motifs is 1. The van der Waals surface area contributed by atoms with Crippen molar-refractivity contribution in [2.75, 3.05) is 5.32 Å². The average molecular weight is 391 g/mol. The Bertz CT molecular complexity index is 1040. The highest BCUT2D eigenvalue weighted by Crippen LogP contribution is 2.19. The van der Waals surface area contributed by atoms with Crippen LogP contribution in [0.3, 0.4) is 0 Å². The van der Waals surface area contributed by atoms with E-state index in [-0.39, 0.29) is 11.3 Å². The maximum Gasteiger partial charge on any atom is 0.338 e. The Kier molecular flexibility index (Phi) is 5.32. The highest BCUT2D eigenvalue weighted by atomic mass is 35.5. The molecule has 1 atom stereocenters. The molecule has 2 aromatic carbocycles. The molecule has 1 unspecified atom stereocenters. The number of rotatable bonds is 4. The number of esters is 1. The second kappa shape index (κ2) is 7.67. The standard InChI is InChI=1S/C19H13ClF2N2O3/c1-10(18(25)24-16-9-13(21)4-5-14(16)22)27-19(26)12-2-6-15-11(8-12)3-7-17(20)23-15/h2-10H,1H3,(H,24,25). The van der Waals surface area contributed by atoms with Gasteiger partial charge in [0.2, 0.25) is 0 Å². The Labute approximate surface area is 157 Å². The van der Waals surface area contributed by atoms with Crippen LogP contribution in [0.1, 0.15) is 17.3 Å². The van der Waals surface area contributed by atoms with E-state index in [0.29, 0.717) is 16.1 Å². The zero-order chi connectivity index (χ0) is 19.6. The van der Waals surface area contributed by atoms with Crippen LogP contribution in [0.15, 0.2) is 48.5 Å². The number of ether oxygens (including phenoxy) is 1. The van der Waals surface area contributed by atoms with Crippen molar-refractivity contribution in [3.63, 3.8) is 0 Å². The first-order valence-electron chi connectivity index (χ1n) is 7.87. The zero-order valence-corrected chi connectivity index (χ0v) is 14.8. The monoisotopic (exact) mass is 390 g/mol. The molecular weight excluding hydrogens is 378 g/mol. The number of amides is 1. The van der Waals surface area contributed by atoms with E-state index in [1.54, 1.807) is 24.3 Å². The maximum absolute atomic E-state index is 13.6. The van der Waals surface area contributed by atoms with Crippen LogP contribution in [-0.4, -0.2) is 23.0 Å². The van der Waals surface area contributed by atoms with E-state index < -0.39 is 29.6 Å². The van der Waals surface area contributed by atoms with E-state index in [1.165, 1.54) is 13.0 Å². The second-order valence-electron chi connectivity index (χ2n) is 5.70. The van der Waals surface area contributed by atoms with E-state index in [4.69, 9.17) is 16.3 Å². The molecule has 0 aliphatic heterocycles. The predicted molar refractivity (Wildman–Crippen MR) is 96.6 cm³/mol. The Balaban J connectivity index is 1.70. The molecule has 0 spiro atoms. The minimum atomic E-state index is -1.22. The van der Waals surface area contributed by atoms with Crippen LogP contribution in [-0.2, 0) is 9.53 Å². The van der Waals surface area contributed by atoms with Gasteiger partial charge in [0.15, 0.2) is 6.10 Å². The number of nitrogens with zero attached hydrogens (tertiary/aromatic N) is 1. The molecule has 0 fully saturated rings. The molecule has 27 heavy (non-hydrogen) atoms. The Hall–Kier alpha value is -3.06. The maximum atomic E-state index is 13.6. The van der Waals surface area contributed by atoms with Crippen LogP contribution < -0.4 is 5.32 Å². The average Bonchev–Trinajstić information content (AvgIpc) is 2.64. The van der Waals surface area contributed by atoms with E-state index in [2.05, 4.69) is 10.3 Å². The molecule has 0 aliphatic carbocycles. The molecule has 1 N–H and O–H groups in total. The van der Waals surface area contributed by atoms with Gasteiger partial charge < -0.3 is 10.1 Å². The number of pyridine rings is 1. The zero-order valence-electron chi connectivity index (χ0n) is 14.0. The molecule has 138 valence electrons. The lowest BCUT2D eigenvalue weighted by Gasteiger charge is -2.14. The molecule has 0 aliphatic rings. The van der Waals surface area contributed by atoms with Gasteiger partial charge in [-0.15, -0.1) is 0 Å². The van der Waals surface area contributed by atoms with Gasteiger partial charge in [0, 0.05) is 11.5 Å². The summed E-state index contributed by atoms with van der Waals surface area (Å²) in [5, 5.41) is 3.19. The number of hydrogen-bond donors (Lipinski definition) is 1. The smallest absolute Gasteiger partial charge is 0.338 e. The van der Waals surface area contributed by atoms with Gasteiger partial charge in [-0.3, -0.25) is 4.79 Å². The molecule has 3 rings (SSSR count). The summed E-state index contributed by atoms with van der Waals surface area (Å²) in [5.41, 5.74) is 0.478. The van der Waals surface area contributed by atoms with Crippen molar-refractivity contribution in [3.8, 4) is 0 Å². The molecular formula is C19H13ClF2N2O3. The van der Waals surface area contributed by atoms with E-state index in [0.717, 1.165) is 18.2 Å². The third-order valence-corrected chi connectivity index (χ3v) is 3.94. The molecule has 1 heterocycles. The van der Waals surface area contributed by atoms with Crippen molar-refractivity contribution in [2.24, 2.45) is 0 Å². The first-order valence-corrected chi connectivity index (χ1v) is 8.24. The van der Waals surface area contributed by atoms with Crippen LogP contribution in [0.25, 0.3) is 10.9 Å². The van der Waals surface area contributed by atoms with Gasteiger partial charge in [-0.25, -0.2) is 18.6 Å². The number of benzene rings is 2. The van der Waals surface area contributed by atoms with Crippen LogP contribution in [0.2, 0.25) is 5.15 Å². The van der Waals surface area contributed by atoms with Gasteiger partial charge in [-0.05, 0) is 49.4 Å². The summed E-state index contributed by atoms with van der Waals surface area (Å²) in [6, 6.07) is 10.6. The molecule has 8 heteroatoms. The highest BCUT2D eigenvalue weighted by molar-refractivity contribution is 6.29. The third kappa shape index (κ3) is 4.38. The minimum absolute atomic E-state index is 0.211. The summed E-state index contributed by atoms with van der Waals surface area (Å²) < 4.78 is 31.9. The van der Waals surface area contributed by atoms with Gasteiger partial charge in [-0.2, -0.15) is 0 Å². The summed E-state index contributed by atoms with van der Waals surface area (Å²) >= 11 is 5.81. The molecule has 5 nitrogen and oxygen atoms in total. The quantitative estimate of drug-likeness (QED) is 0.531. The van der Waals surface area contributed by atoms with Gasteiger partial charge in [0.1, 0.15) is 16.8 Å². The summed E-state index contributed by atoms with van der Waals surface area (Å²) in [6.07, 6.45) is -1.22. The highest BCUT2D eigenvalue weighted by Gasteiger charge is 2.20. The fraction of sp³-hybridized carbons (Fsp3) is 0.105. The number of anilines is 1. The lowest BCUT2D eigenvalue weighted by molar-refractivity contribution is -0.123. The van der Waals surface area contributed by atoms with Crippen molar-refractivity contribution in [2.45, 2.75) is 13.0 Å². The third-order valence-electron chi connectivity index (χ3n) is 3.73. The molecule has 0 bridgehead atoms. The minimum Gasteiger partial charge on any atom is -0.449 e. The number of carbonyl (C=O) groups excluding carboxylic acids is 2. The Morgan fingerprint density at radius 1 is 1.11 bits per heavy atom. The number of aromatic nitrogens is 1. The lowest BCUT2D eigenvalue weighted by atomic mass is 10.1. The fourth-order valence-electron chi connectivity index (χ4n) is 2.34. The lowest BCUT2D eigenvalue weighted by Crippen LogP contribution is -2.30. The number of hydrogen-bond acceptors (Lipinski definition) is 4. The molecule has 0 radical (unpaired) electrons. The van der Waals surface area contributed by atoms with Crippen LogP contribution in [0.5, 0.6) is 0 Å². The summed E-state index contributed by atoms with van der Waals surface area (Å²) in [5.74, 6) is -3.04. The number of halogens is 3. The van der Waals surface area contributed by atoms with Gasteiger partial charge in [0.25, 0.3) is 5.91 Å². The second-order valence-corrected chi connectivity index (χ2v) is 6.09. The summed E-state index contributed by atoms with van der Waals surface area (Å²) in [6.45, 7) is 1.33. The van der Waals surface area contributed by atoms with E-state index in [1.807, 2.05) is 0 Å². The van der Waals surface area contributed by atoms with Crippen molar-refractivity contribution in [1.82, 2.24) is 4.98 Å². The van der Waals surface area contributed by atoms with Crippen LogP contribution in [0, 0.1) is 11.6 Å². The molecule has 1 amide bonds. The van der Waals surface area contributed by atoms with Crippen molar-refractivity contribution in [3.05, 3.63) is 70.9 Å². The van der Waals surface area contributed by atoms with Crippen LogP contribution in [0.4, 0.5) is 14.5 Å². The predicted octanol–water partition coefficient (Wildman–Crippen LogP) is 4.35. The molecule has 1 aromatic heterocycles. The summed E-state index contributed by atoms with van der Waals surface area (Å²) in [4.78, 5) is 28.5. The van der Waals surface area contributed by atoms with E-state index in [9.17, 15) is 18.4 Å². The normalized spacial score (nSPS) is 11.9. The van der Waals surface area contributed by atoms with E-state index >= 15 is 0 Å². The van der Waals surface area contributed by atoms with Crippen molar-refractivity contribution < 1.29 is 23.1 Å².